The molecule has 2 rings (SSSR count). The van der Waals surface area contributed by atoms with E-state index in [2.05, 4.69) is 15.1 Å². The Bertz CT molecular complexity index is 221. The van der Waals surface area contributed by atoms with E-state index in [1.807, 2.05) is 0 Å². The van der Waals surface area contributed by atoms with Gasteiger partial charge in [-0.3, -0.25) is 4.90 Å². The number of ether oxygens (including phenoxy) is 1. The van der Waals surface area contributed by atoms with Gasteiger partial charge in [-0.25, -0.2) is 0 Å². The molecule has 0 bridgehead atoms. The van der Waals surface area contributed by atoms with Gasteiger partial charge in [-0.05, 0) is 0 Å². The molecule has 2 heterocycles. The Balaban J connectivity index is 1.86. The Morgan fingerprint density at radius 2 is 2.33 bits per heavy atom. The molecule has 0 saturated carbocycles. The van der Waals surface area contributed by atoms with Crippen LogP contribution < -0.4 is 0 Å². The summed E-state index contributed by atoms with van der Waals surface area (Å²) in [5.41, 5.74) is 1.77. The molecule has 1 saturated heterocycles. The molecule has 1 fully saturated rings. The quantitative estimate of drug-likeness (QED) is 0.667. The smallest absolute Gasteiger partial charge is 0.131 e. The van der Waals surface area contributed by atoms with E-state index in [0.29, 0.717) is 0 Å². The first-order chi connectivity index (χ1) is 5.95. The zero-order valence-electron chi connectivity index (χ0n) is 6.77. The van der Waals surface area contributed by atoms with Crippen LogP contribution in [0.4, 0.5) is 0 Å². The molecule has 4 nitrogen and oxygen atoms in total. The average molecular weight is 185 g/mol. The van der Waals surface area contributed by atoms with Crippen LogP contribution in [0.2, 0.25) is 0 Å². The van der Waals surface area contributed by atoms with E-state index in [1.165, 1.54) is 0 Å². The highest BCUT2D eigenvalue weighted by Crippen LogP contribution is 2.07. The SMILES string of the molecule is c1nnc(CN2CCOCC2)s1. The molecular weight excluding hydrogens is 174 g/mol. The van der Waals surface area contributed by atoms with Crippen molar-refractivity contribution in [1.82, 2.24) is 15.1 Å². The molecule has 1 aromatic rings. The van der Waals surface area contributed by atoms with Crippen LogP contribution in [-0.2, 0) is 11.3 Å². The number of aromatic nitrogens is 2. The zero-order chi connectivity index (χ0) is 8.23. The molecule has 0 amide bonds. The van der Waals surface area contributed by atoms with Crippen LogP contribution in [0.15, 0.2) is 5.51 Å². The number of morpholine rings is 1. The molecule has 0 spiro atoms. The largest absolute Gasteiger partial charge is 0.379 e. The second-order valence-electron chi connectivity index (χ2n) is 2.72. The molecule has 0 unspecified atom stereocenters. The van der Waals surface area contributed by atoms with E-state index in [-0.39, 0.29) is 0 Å². The van der Waals surface area contributed by atoms with Crippen molar-refractivity contribution in [3.63, 3.8) is 0 Å². The van der Waals surface area contributed by atoms with Crippen molar-refractivity contribution in [2.45, 2.75) is 6.54 Å². The topological polar surface area (TPSA) is 38.2 Å². The standard InChI is InChI=1S/C7H11N3OS/c1-3-11-4-2-10(1)5-7-9-8-6-12-7/h6H,1-5H2. The third-order valence-electron chi connectivity index (χ3n) is 1.87. The summed E-state index contributed by atoms with van der Waals surface area (Å²) in [5.74, 6) is 0. The first-order valence-electron chi connectivity index (χ1n) is 4.00. The summed E-state index contributed by atoms with van der Waals surface area (Å²) >= 11 is 1.61. The van der Waals surface area contributed by atoms with Crippen molar-refractivity contribution in [1.29, 1.82) is 0 Å². The molecule has 0 N–H and O–H groups in total. The predicted octanol–water partition coefficient (Wildman–Crippen LogP) is 0.370. The summed E-state index contributed by atoms with van der Waals surface area (Å²) in [6, 6.07) is 0. The Morgan fingerprint density at radius 1 is 1.50 bits per heavy atom. The highest BCUT2D eigenvalue weighted by Gasteiger charge is 2.11. The maximum Gasteiger partial charge on any atom is 0.131 e. The molecule has 0 aromatic carbocycles. The summed E-state index contributed by atoms with van der Waals surface area (Å²) < 4.78 is 5.24. The van der Waals surface area contributed by atoms with Gasteiger partial charge in [0.15, 0.2) is 0 Å². The first-order valence-corrected chi connectivity index (χ1v) is 4.88. The maximum atomic E-state index is 5.24. The normalized spacial score (nSPS) is 19.7. The molecule has 0 atom stereocenters. The van der Waals surface area contributed by atoms with Gasteiger partial charge < -0.3 is 4.74 Å². The number of hydrogen-bond acceptors (Lipinski definition) is 5. The van der Waals surface area contributed by atoms with E-state index in [4.69, 9.17) is 4.74 Å². The third kappa shape index (κ3) is 2.00. The highest BCUT2D eigenvalue weighted by atomic mass is 32.1. The summed E-state index contributed by atoms with van der Waals surface area (Å²) in [6.07, 6.45) is 0. The van der Waals surface area contributed by atoms with Crippen molar-refractivity contribution in [2.75, 3.05) is 26.3 Å². The lowest BCUT2D eigenvalue weighted by Crippen LogP contribution is -2.35. The fraction of sp³-hybridized carbons (Fsp3) is 0.714. The van der Waals surface area contributed by atoms with Crippen LogP contribution in [0.3, 0.4) is 0 Å². The maximum absolute atomic E-state index is 5.24. The van der Waals surface area contributed by atoms with Gasteiger partial charge in [0.2, 0.25) is 0 Å². The van der Waals surface area contributed by atoms with Gasteiger partial charge >= 0.3 is 0 Å². The van der Waals surface area contributed by atoms with Gasteiger partial charge in [-0.15, -0.1) is 21.5 Å². The van der Waals surface area contributed by atoms with Crippen LogP contribution in [0.25, 0.3) is 0 Å². The van der Waals surface area contributed by atoms with Crippen LogP contribution in [-0.4, -0.2) is 41.4 Å². The molecule has 66 valence electrons. The van der Waals surface area contributed by atoms with Gasteiger partial charge in [-0.1, -0.05) is 0 Å². The predicted molar refractivity (Wildman–Crippen MR) is 46.0 cm³/mol. The summed E-state index contributed by atoms with van der Waals surface area (Å²) in [6.45, 7) is 4.64. The van der Waals surface area contributed by atoms with Gasteiger partial charge in [0.1, 0.15) is 10.5 Å². The minimum atomic E-state index is 0.846. The Kier molecular flexibility index (Phi) is 2.65. The second-order valence-corrected chi connectivity index (χ2v) is 3.64. The van der Waals surface area contributed by atoms with Gasteiger partial charge in [-0.2, -0.15) is 0 Å². The Labute approximate surface area is 75.2 Å². The van der Waals surface area contributed by atoms with Gasteiger partial charge in [0.25, 0.3) is 0 Å². The van der Waals surface area contributed by atoms with Crippen LogP contribution in [0.5, 0.6) is 0 Å². The van der Waals surface area contributed by atoms with E-state index in [9.17, 15) is 0 Å². The first kappa shape index (κ1) is 8.10. The van der Waals surface area contributed by atoms with Crippen LogP contribution in [0, 0.1) is 0 Å². The van der Waals surface area contributed by atoms with Crippen LogP contribution in [0.1, 0.15) is 5.01 Å². The lowest BCUT2D eigenvalue weighted by Gasteiger charge is -2.25. The molecule has 12 heavy (non-hydrogen) atoms. The lowest BCUT2D eigenvalue weighted by molar-refractivity contribution is 0.0341. The monoisotopic (exact) mass is 185 g/mol. The number of nitrogens with zero attached hydrogens (tertiary/aromatic N) is 3. The fourth-order valence-electron chi connectivity index (χ4n) is 1.22. The van der Waals surface area contributed by atoms with Crippen molar-refractivity contribution in [3.8, 4) is 0 Å². The van der Waals surface area contributed by atoms with Crippen molar-refractivity contribution < 1.29 is 4.74 Å². The van der Waals surface area contributed by atoms with E-state index < -0.39 is 0 Å². The summed E-state index contributed by atoms with van der Waals surface area (Å²) in [5, 5.41) is 8.89. The van der Waals surface area contributed by atoms with E-state index in [0.717, 1.165) is 37.9 Å². The average Bonchev–Trinajstić information content (AvgIpc) is 2.59. The van der Waals surface area contributed by atoms with Crippen molar-refractivity contribution >= 4 is 11.3 Å². The van der Waals surface area contributed by atoms with Gasteiger partial charge in [0, 0.05) is 13.1 Å². The van der Waals surface area contributed by atoms with Crippen molar-refractivity contribution in [2.24, 2.45) is 0 Å². The van der Waals surface area contributed by atoms with Crippen LogP contribution >= 0.6 is 11.3 Å². The number of hydrogen-bond donors (Lipinski definition) is 0. The molecule has 1 aliphatic heterocycles. The summed E-state index contributed by atoms with van der Waals surface area (Å²) in [4.78, 5) is 2.34. The van der Waals surface area contributed by atoms with Crippen molar-refractivity contribution in [3.05, 3.63) is 10.5 Å². The minimum absolute atomic E-state index is 0.846. The molecule has 0 radical (unpaired) electrons. The molecule has 1 aromatic heterocycles. The van der Waals surface area contributed by atoms with Gasteiger partial charge in [0.05, 0.1) is 19.8 Å². The summed E-state index contributed by atoms with van der Waals surface area (Å²) in [7, 11) is 0. The van der Waals surface area contributed by atoms with E-state index >= 15 is 0 Å². The Morgan fingerprint density at radius 3 is 3.00 bits per heavy atom. The molecule has 0 aliphatic carbocycles. The fourth-order valence-corrected chi connectivity index (χ4v) is 1.78. The third-order valence-corrected chi connectivity index (χ3v) is 2.55. The number of rotatable bonds is 2. The van der Waals surface area contributed by atoms with E-state index in [1.54, 1.807) is 16.8 Å². The zero-order valence-corrected chi connectivity index (χ0v) is 7.59. The Hall–Kier alpha value is -0.520. The second kappa shape index (κ2) is 3.93. The molecule has 1 aliphatic rings. The lowest BCUT2D eigenvalue weighted by atomic mass is 10.4. The highest BCUT2D eigenvalue weighted by molar-refractivity contribution is 7.09. The minimum Gasteiger partial charge on any atom is -0.379 e. The molecule has 5 heteroatoms. The molecular formula is C7H11N3OS.